The molecule has 0 unspecified atom stereocenters. The highest BCUT2D eigenvalue weighted by molar-refractivity contribution is 5.86. The topological polar surface area (TPSA) is 84.9 Å². The average molecular weight is 307 g/mol. The van der Waals surface area contributed by atoms with E-state index in [1.165, 1.54) is 6.92 Å². The fourth-order valence-electron chi connectivity index (χ4n) is 2.51. The smallest absolute Gasteiger partial charge is 0.408 e. The number of hydrogen-bond donors (Lipinski definition) is 2. The minimum Gasteiger partial charge on any atom is -0.445 e. The second-order valence-corrected chi connectivity index (χ2v) is 5.47. The second kappa shape index (κ2) is 7.38. The van der Waals surface area contributed by atoms with Crippen LogP contribution in [0.15, 0.2) is 30.3 Å². The summed E-state index contributed by atoms with van der Waals surface area (Å²) in [7, 11) is 0. The maximum atomic E-state index is 11.9. The number of benzene rings is 1. The lowest BCUT2D eigenvalue weighted by molar-refractivity contribution is -0.133. The fraction of sp³-hybridized carbons (Fsp3) is 0.500. The third kappa shape index (κ3) is 4.29. The van der Waals surface area contributed by atoms with Gasteiger partial charge in [-0.25, -0.2) is 4.79 Å². The molecule has 1 atom stereocenters. The first-order valence-electron chi connectivity index (χ1n) is 7.29. The van der Waals surface area contributed by atoms with Gasteiger partial charge in [-0.1, -0.05) is 30.3 Å². The Morgan fingerprint density at radius 3 is 2.55 bits per heavy atom. The molecule has 1 aliphatic rings. The van der Waals surface area contributed by atoms with E-state index in [-0.39, 0.29) is 12.4 Å². The van der Waals surface area contributed by atoms with Crippen LogP contribution in [0.25, 0.3) is 0 Å². The van der Waals surface area contributed by atoms with E-state index in [1.807, 2.05) is 30.3 Å². The SMILES string of the molecule is CC(=O)[C@H](NC(=O)OCc1ccccc1)C1(O)CCOCC1. The number of nitrogens with one attached hydrogen (secondary N) is 1. The molecule has 1 heterocycles. The number of carbonyl (C=O) groups excluding carboxylic acids is 2. The first kappa shape index (κ1) is 16.5. The maximum absolute atomic E-state index is 11.9. The van der Waals surface area contributed by atoms with Gasteiger partial charge in [0.05, 0.1) is 5.60 Å². The van der Waals surface area contributed by atoms with Crippen LogP contribution in [0.3, 0.4) is 0 Å². The lowest BCUT2D eigenvalue weighted by Gasteiger charge is -2.37. The summed E-state index contributed by atoms with van der Waals surface area (Å²) < 4.78 is 10.3. The molecule has 1 aromatic rings. The van der Waals surface area contributed by atoms with E-state index in [4.69, 9.17) is 9.47 Å². The Kier molecular flexibility index (Phi) is 5.51. The summed E-state index contributed by atoms with van der Waals surface area (Å²) in [5.74, 6) is -0.305. The number of hydrogen-bond acceptors (Lipinski definition) is 5. The zero-order valence-corrected chi connectivity index (χ0v) is 12.6. The molecule has 6 nitrogen and oxygen atoms in total. The van der Waals surface area contributed by atoms with Crippen LogP contribution in [0.2, 0.25) is 0 Å². The largest absolute Gasteiger partial charge is 0.445 e. The Morgan fingerprint density at radius 2 is 1.95 bits per heavy atom. The van der Waals surface area contributed by atoms with Crippen molar-refractivity contribution < 1.29 is 24.2 Å². The molecule has 0 aromatic heterocycles. The van der Waals surface area contributed by atoms with E-state index in [0.29, 0.717) is 26.1 Å². The fourth-order valence-corrected chi connectivity index (χ4v) is 2.51. The molecule has 0 saturated carbocycles. The maximum Gasteiger partial charge on any atom is 0.408 e. The normalized spacial score (nSPS) is 18.3. The second-order valence-electron chi connectivity index (χ2n) is 5.47. The number of Topliss-reactive ketones (excluding diaryl/α,β-unsaturated/α-hetero) is 1. The summed E-state index contributed by atoms with van der Waals surface area (Å²) in [6.07, 6.45) is -0.115. The van der Waals surface area contributed by atoms with Crippen LogP contribution in [0, 0.1) is 0 Å². The van der Waals surface area contributed by atoms with E-state index in [9.17, 15) is 14.7 Å². The third-order valence-electron chi connectivity index (χ3n) is 3.78. The molecule has 1 amide bonds. The minimum atomic E-state index is -1.28. The summed E-state index contributed by atoms with van der Waals surface area (Å²) in [5, 5.41) is 13.0. The van der Waals surface area contributed by atoms with Crippen molar-refractivity contribution >= 4 is 11.9 Å². The Balaban J connectivity index is 1.93. The lowest BCUT2D eigenvalue weighted by atomic mass is 9.84. The predicted molar refractivity (Wildman–Crippen MR) is 79.2 cm³/mol. The van der Waals surface area contributed by atoms with Crippen LogP contribution in [0.1, 0.15) is 25.3 Å². The van der Waals surface area contributed by atoms with Crippen LogP contribution >= 0.6 is 0 Å². The Bertz CT molecular complexity index is 511. The van der Waals surface area contributed by atoms with Crippen molar-refractivity contribution in [2.24, 2.45) is 0 Å². The van der Waals surface area contributed by atoms with Gasteiger partial charge in [0.25, 0.3) is 0 Å². The van der Waals surface area contributed by atoms with Crippen LogP contribution < -0.4 is 5.32 Å². The minimum absolute atomic E-state index is 0.110. The Hall–Kier alpha value is -1.92. The molecule has 2 rings (SSSR count). The lowest BCUT2D eigenvalue weighted by Crippen LogP contribution is -2.58. The van der Waals surface area contributed by atoms with Gasteiger partial charge in [0.2, 0.25) is 0 Å². The van der Waals surface area contributed by atoms with Gasteiger partial charge in [0.15, 0.2) is 5.78 Å². The highest BCUT2D eigenvalue weighted by Crippen LogP contribution is 2.25. The summed E-state index contributed by atoms with van der Waals surface area (Å²) in [6, 6.07) is 8.25. The quantitative estimate of drug-likeness (QED) is 0.859. The van der Waals surface area contributed by atoms with Crippen molar-refractivity contribution in [3.8, 4) is 0 Å². The molecule has 22 heavy (non-hydrogen) atoms. The first-order valence-corrected chi connectivity index (χ1v) is 7.29. The molecule has 2 N–H and O–H groups in total. The molecule has 6 heteroatoms. The number of carbonyl (C=O) groups is 2. The molecule has 0 spiro atoms. The van der Waals surface area contributed by atoms with Gasteiger partial charge in [0.1, 0.15) is 12.6 Å². The van der Waals surface area contributed by atoms with Crippen molar-refractivity contribution in [2.75, 3.05) is 13.2 Å². The van der Waals surface area contributed by atoms with Crippen LogP contribution in [0.5, 0.6) is 0 Å². The summed E-state index contributed by atoms with van der Waals surface area (Å²) in [5.41, 5.74) is -0.433. The molecule has 0 aliphatic carbocycles. The standard InChI is InChI=1S/C16H21NO5/c1-12(18)14(16(20)7-9-21-10-8-16)17-15(19)22-11-13-5-3-2-4-6-13/h2-6,14,20H,7-11H2,1H3,(H,17,19)/t14-/m0/s1. The molecular formula is C16H21NO5. The predicted octanol–water partition coefficient (Wildman–Crippen LogP) is 1.41. The molecule has 1 saturated heterocycles. The average Bonchev–Trinajstić information content (AvgIpc) is 2.52. The van der Waals surface area contributed by atoms with Crippen molar-refractivity contribution in [3.05, 3.63) is 35.9 Å². The van der Waals surface area contributed by atoms with Gasteiger partial charge < -0.3 is 19.9 Å². The van der Waals surface area contributed by atoms with Gasteiger partial charge in [0, 0.05) is 26.1 Å². The monoisotopic (exact) mass is 307 g/mol. The van der Waals surface area contributed by atoms with Crippen LogP contribution in [-0.2, 0) is 20.9 Å². The molecule has 0 bridgehead atoms. The van der Waals surface area contributed by atoms with E-state index in [1.54, 1.807) is 0 Å². The number of ether oxygens (including phenoxy) is 2. The van der Waals surface area contributed by atoms with E-state index >= 15 is 0 Å². The number of alkyl carbamates (subject to hydrolysis) is 1. The zero-order valence-electron chi connectivity index (χ0n) is 12.6. The number of ketones is 1. The highest BCUT2D eigenvalue weighted by atomic mass is 16.5. The van der Waals surface area contributed by atoms with Crippen LogP contribution in [0.4, 0.5) is 4.79 Å². The van der Waals surface area contributed by atoms with Gasteiger partial charge in [-0.3, -0.25) is 4.79 Å². The van der Waals surface area contributed by atoms with E-state index < -0.39 is 17.7 Å². The number of rotatable bonds is 5. The molecule has 1 fully saturated rings. The molecule has 1 aliphatic heterocycles. The Labute approximate surface area is 129 Å². The molecule has 1 aromatic carbocycles. The van der Waals surface area contributed by atoms with Crippen LogP contribution in [-0.4, -0.2) is 41.8 Å². The Morgan fingerprint density at radius 1 is 1.32 bits per heavy atom. The van der Waals surface area contributed by atoms with Crippen molar-refractivity contribution in [2.45, 2.75) is 38.0 Å². The van der Waals surface area contributed by atoms with Crippen molar-refractivity contribution in [3.63, 3.8) is 0 Å². The molecular weight excluding hydrogens is 286 g/mol. The van der Waals surface area contributed by atoms with Gasteiger partial charge in [-0.15, -0.1) is 0 Å². The van der Waals surface area contributed by atoms with Gasteiger partial charge in [-0.05, 0) is 12.5 Å². The summed E-state index contributed by atoms with van der Waals surface area (Å²) in [4.78, 5) is 23.7. The van der Waals surface area contributed by atoms with E-state index in [0.717, 1.165) is 5.56 Å². The van der Waals surface area contributed by atoms with E-state index in [2.05, 4.69) is 5.32 Å². The summed E-state index contributed by atoms with van der Waals surface area (Å²) in [6.45, 7) is 2.18. The zero-order chi connectivity index (χ0) is 16.0. The van der Waals surface area contributed by atoms with Crippen molar-refractivity contribution in [1.82, 2.24) is 5.32 Å². The molecule has 120 valence electrons. The number of aliphatic hydroxyl groups is 1. The first-order chi connectivity index (χ1) is 10.5. The van der Waals surface area contributed by atoms with Gasteiger partial charge in [-0.2, -0.15) is 0 Å². The number of amides is 1. The third-order valence-corrected chi connectivity index (χ3v) is 3.78. The van der Waals surface area contributed by atoms with Gasteiger partial charge >= 0.3 is 6.09 Å². The van der Waals surface area contributed by atoms with Crippen molar-refractivity contribution in [1.29, 1.82) is 0 Å². The summed E-state index contributed by atoms with van der Waals surface area (Å²) >= 11 is 0. The highest BCUT2D eigenvalue weighted by Gasteiger charge is 2.42. The molecule has 0 radical (unpaired) electrons.